The van der Waals surface area contributed by atoms with E-state index in [2.05, 4.69) is 16.0 Å². The minimum Gasteiger partial charge on any atom is -0.370 e. The number of imide groups is 1. The summed E-state index contributed by atoms with van der Waals surface area (Å²) >= 11 is 0. The number of nitrogens with one attached hydrogen (secondary N) is 3. The smallest absolute Gasteiger partial charge is 0.321 e. The Kier molecular flexibility index (Phi) is 6.75. The number of amides is 3. The number of ether oxygens (including phenoxy) is 2. The Balaban J connectivity index is 2.24. The van der Waals surface area contributed by atoms with E-state index in [0.717, 1.165) is 6.54 Å². The molecule has 19 heavy (non-hydrogen) atoms. The van der Waals surface area contributed by atoms with E-state index in [0.29, 0.717) is 19.7 Å². The van der Waals surface area contributed by atoms with E-state index in [1.807, 2.05) is 6.92 Å². The second-order valence-corrected chi connectivity index (χ2v) is 4.55. The van der Waals surface area contributed by atoms with Gasteiger partial charge in [0.05, 0.1) is 18.8 Å². The van der Waals surface area contributed by atoms with Gasteiger partial charge in [-0.25, -0.2) is 4.79 Å². The summed E-state index contributed by atoms with van der Waals surface area (Å²) in [5.74, 6) is -0.456. The number of morpholine rings is 1. The molecule has 1 heterocycles. The molecule has 0 aromatic heterocycles. The third-order valence-electron chi connectivity index (χ3n) is 2.70. The number of carbonyl (C=O) groups excluding carboxylic acids is 2. The van der Waals surface area contributed by atoms with Crippen LogP contribution in [-0.2, 0) is 14.3 Å². The van der Waals surface area contributed by atoms with Crippen molar-refractivity contribution < 1.29 is 19.1 Å². The summed E-state index contributed by atoms with van der Waals surface area (Å²) in [6.45, 7) is 7.67. The molecule has 3 amide bonds. The Hall–Kier alpha value is -1.18. The maximum absolute atomic E-state index is 11.6. The molecule has 0 aromatic rings. The largest absolute Gasteiger partial charge is 0.370 e. The zero-order valence-electron chi connectivity index (χ0n) is 11.7. The van der Waals surface area contributed by atoms with Crippen LogP contribution >= 0.6 is 0 Å². The van der Waals surface area contributed by atoms with Crippen molar-refractivity contribution in [3.05, 3.63) is 0 Å². The average molecular weight is 273 g/mol. The van der Waals surface area contributed by atoms with E-state index >= 15 is 0 Å². The normalized spacial score (nSPS) is 24.6. The summed E-state index contributed by atoms with van der Waals surface area (Å²) in [6.07, 6.45) is -0.617. The minimum atomic E-state index is -0.691. The van der Waals surface area contributed by atoms with Gasteiger partial charge in [0.1, 0.15) is 6.10 Å². The molecule has 0 bridgehead atoms. The van der Waals surface area contributed by atoms with Crippen molar-refractivity contribution in [2.24, 2.45) is 0 Å². The lowest BCUT2D eigenvalue weighted by Gasteiger charge is -2.29. The second kappa shape index (κ2) is 8.08. The predicted octanol–water partition coefficient (Wildman–Crippen LogP) is -0.386. The molecular weight excluding hydrogens is 250 g/mol. The second-order valence-electron chi connectivity index (χ2n) is 4.55. The Labute approximate surface area is 113 Å². The SMILES string of the molecule is CCNC(=O)NC(=O)C(C)OCC1CNCC(C)O1. The average Bonchev–Trinajstić information content (AvgIpc) is 2.36. The van der Waals surface area contributed by atoms with Crippen LogP contribution in [0.3, 0.4) is 0 Å². The molecule has 1 aliphatic rings. The fraction of sp³-hybridized carbons (Fsp3) is 0.833. The first kappa shape index (κ1) is 15.9. The van der Waals surface area contributed by atoms with Crippen molar-refractivity contribution in [3.8, 4) is 0 Å². The summed E-state index contributed by atoms with van der Waals surface area (Å²) < 4.78 is 11.1. The molecule has 3 atom stereocenters. The highest BCUT2D eigenvalue weighted by Crippen LogP contribution is 2.05. The zero-order chi connectivity index (χ0) is 14.3. The number of hydrogen-bond donors (Lipinski definition) is 3. The fourth-order valence-electron chi connectivity index (χ4n) is 1.72. The molecule has 7 heteroatoms. The van der Waals surface area contributed by atoms with Gasteiger partial charge < -0.3 is 20.1 Å². The van der Waals surface area contributed by atoms with Gasteiger partial charge in [-0.05, 0) is 20.8 Å². The third kappa shape index (κ3) is 6.00. The lowest BCUT2D eigenvalue weighted by molar-refractivity contribution is -0.135. The number of hydrogen-bond acceptors (Lipinski definition) is 5. The summed E-state index contributed by atoms with van der Waals surface area (Å²) in [5, 5.41) is 7.90. The van der Waals surface area contributed by atoms with Crippen LogP contribution in [0.2, 0.25) is 0 Å². The molecule has 0 spiro atoms. The summed E-state index contributed by atoms with van der Waals surface area (Å²) in [4.78, 5) is 22.8. The third-order valence-corrected chi connectivity index (χ3v) is 2.70. The Morgan fingerprint density at radius 3 is 2.84 bits per heavy atom. The fourth-order valence-corrected chi connectivity index (χ4v) is 1.72. The van der Waals surface area contributed by atoms with Gasteiger partial charge in [0.15, 0.2) is 0 Å². The maximum atomic E-state index is 11.6. The van der Waals surface area contributed by atoms with Crippen LogP contribution in [0, 0.1) is 0 Å². The number of carbonyl (C=O) groups is 2. The minimum absolute atomic E-state index is 0.0662. The van der Waals surface area contributed by atoms with E-state index in [4.69, 9.17) is 9.47 Å². The summed E-state index contributed by atoms with van der Waals surface area (Å²) in [7, 11) is 0. The molecular formula is C12H23N3O4. The Morgan fingerprint density at radius 2 is 2.21 bits per heavy atom. The zero-order valence-corrected chi connectivity index (χ0v) is 11.7. The van der Waals surface area contributed by atoms with Gasteiger partial charge in [-0.2, -0.15) is 0 Å². The molecule has 1 aliphatic heterocycles. The van der Waals surface area contributed by atoms with Crippen LogP contribution in [0.4, 0.5) is 4.79 Å². The quantitative estimate of drug-likeness (QED) is 0.635. The molecule has 1 fully saturated rings. The van der Waals surface area contributed by atoms with Crippen LogP contribution in [-0.4, -0.2) is 56.5 Å². The van der Waals surface area contributed by atoms with E-state index in [-0.39, 0.29) is 12.2 Å². The highest BCUT2D eigenvalue weighted by atomic mass is 16.5. The lowest BCUT2D eigenvalue weighted by Crippen LogP contribution is -2.47. The topological polar surface area (TPSA) is 88.7 Å². The van der Waals surface area contributed by atoms with E-state index in [1.54, 1.807) is 13.8 Å². The van der Waals surface area contributed by atoms with Gasteiger partial charge in [0.25, 0.3) is 5.91 Å². The molecule has 110 valence electrons. The van der Waals surface area contributed by atoms with Crippen molar-refractivity contribution >= 4 is 11.9 Å². The van der Waals surface area contributed by atoms with Gasteiger partial charge in [-0.3, -0.25) is 10.1 Å². The first-order chi connectivity index (χ1) is 9.02. The highest BCUT2D eigenvalue weighted by Gasteiger charge is 2.22. The molecule has 3 N–H and O–H groups in total. The van der Waals surface area contributed by atoms with Gasteiger partial charge in [0.2, 0.25) is 0 Å². The number of urea groups is 1. The van der Waals surface area contributed by atoms with Crippen LogP contribution < -0.4 is 16.0 Å². The van der Waals surface area contributed by atoms with E-state index in [9.17, 15) is 9.59 Å². The lowest BCUT2D eigenvalue weighted by atomic mass is 10.2. The van der Waals surface area contributed by atoms with Crippen molar-refractivity contribution in [2.75, 3.05) is 26.2 Å². The van der Waals surface area contributed by atoms with Gasteiger partial charge in [0, 0.05) is 19.6 Å². The van der Waals surface area contributed by atoms with Crippen LogP contribution in [0.15, 0.2) is 0 Å². The summed E-state index contributed by atoms with van der Waals surface area (Å²) in [6, 6.07) is -0.507. The van der Waals surface area contributed by atoms with Gasteiger partial charge in [-0.1, -0.05) is 0 Å². The molecule has 1 saturated heterocycles. The van der Waals surface area contributed by atoms with Crippen LogP contribution in [0.5, 0.6) is 0 Å². The highest BCUT2D eigenvalue weighted by molar-refractivity contribution is 5.96. The van der Waals surface area contributed by atoms with Crippen molar-refractivity contribution in [3.63, 3.8) is 0 Å². The van der Waals surface area contributed by atoms with E-state index in [1.165, 1.54) is 0 Å². The predicted molar refractivity (Wildman–Crippen MR) is 69.8 cm³/mol. The van der Waals surface area contributed by atoms with Crippen molar-refractivity contribution in [1.82, 2.24) is 16.0 Å². The van der Waals surface area contributed by atoms with Gasteiger partial charge in [-0.15, -0.1) is 0 Å². The van der Waals surface area contributed by atoms with E-state index < -0.39 is 18.0 Å². The summed E-state index contributed by atoms with van der Waals surface area (Å²) in [5.41, 5.74) is 0. The molecule has 1 rings (SSSR count). The van der Waals surface area contributed by atoms with Gasteiger partial charge >= 0.3 is 6.03 Å². The molecule has 0 radical (unpaired) electrons. The first-order valence-electron chi connectivity index (χ1n) is 6.59. The maximum Gasteiger partial charge on any atom is 0.321 e. The molecule has 0 aliphatic carbocycles. The Bertz CT molecular complexity index is 311. The van der Waals surface area contributed by atoms with Crippen LogP contribution in [0.25, 0.3) is 0 Å². The molecule has 3 unspecified atom stereocenters. The van der Waals surface area contributed by atoms with Crippen molar-refractivity contribution in [2.45, 2.75) is 39.1 Å². The molecule has 0 aromatic carbocycles. The number of rotatable bonds is 5. The Morgan fingerprint density at radius 1 is 1.47 bits per heavy atom. The monoisotopic (exact) mass is 273 g/mol. The molecule has 0 saturated carbocycles. The van der Waals surface area contributed by atoms with Crippen LogP contribution in [0.1, 0.15) is 20.8 Å². The standard InChI is InChI=1S/C12H23N3O4/c1-4-14-12(17)15-11(16)9(3)18-7-10-6-13-5-8(2)19-10/h8-10,13H,4-7H2,1-3H3,(H2,14,15,16,17). The molecule has 7 nitrogen and oxygen atoms in total. The first-order valence-corrected chi connectivity index (χ1v) is 6.59. The van der Waals surface area contributed by atoms with Crippen molar-refractivity contribution in [1.29, 1.82) is 0 Å².